The molecule has 8 nitrogen and oxygen atoms in total. The Morgan fingerprint density at radius 3 is 2.73 bits per heavy atom. The predicted octanol–water partition coefficient (Wildman–Crippen LogP) is 2.15. The van der Waals surface area contributed by atoms with Gasteiger partial charge in [-0.25, -0.2) is 0 Å². The summed E-state index contributed by atoms with van der Waals surface area (Å²) in [5.41, 5.74) is 1.49. The van der Waals surface area contributed by atoms with Gasteiger partial charge in [-0.3, -0.25) is 19.7 Å². The van der Waals surface area contributed by atoms with Crippen LogP contribution in [0.2, 0.25) is 0 Å². The van der Waals surface area contributed by atoms with Crippen molar-refractivity contribution in [1.82, 2.24) is 15.5 Å². The van der Waals surface area contributed by atoms with Gasteiger partial charge in [0, 0.05) is 31.7 Å². The molecule has 178 valence electrons. The van der Waals surface area contributed by atoms with Crippen molar-refractivity contribution in [2.24, 2.45) is 5.92 Å². The van der Waals surface area contributed by atoms with Crippen molar-refractivity contribution >= 4 is 17.7 Å². The Hall–Kier alpha value is -2.45. The average molecular weight is 456 g/mol. The number of carbonyl (C=O) groups excluding carboxylic acids is 3. The Morgan fingerprint density at radius 2 is 1.94 bits per heavy atom. The van der Waals surface area contributed by atoms with Gasteiger partial charge in [-0.15, -0.1) is 0 Å². The summed E-state index contributed by atoms with van der Waals surface area (Å²) >= 11 is 0. The Balaban J connectivity index is 1.21. The lowest BCUT2D eigenvalue weighted by atomic mass is 9.81. The van der Waals surface area contributed by atoms with Crippen molar-refractivity contribution in [1.29, 1.82) is 0 Å². The molecule has 2 aliphatic heterocycles. The Bertz CT molecular complexity index is 929. The highest BCUT2D eigenvalue weighted by molar-refractivity contribution is 6.05. The lowest BCUT2D eigenvalue weighted by Gasteiger charge is -2.38. The fourth-order valence-electron chi connectivity index (χ4n) is 5.62. The summed E-state index contributed by atoms with van der Waals surface area (Å²) in [6.45, 7) is 1.37. The maximum absolute atomic E-state index is 12.9. The molecule has 1 unspecified atom stereocenters. The van der Waals surface area contributed by atoms with Gasteiger partial charge >= 0.3 is 0 Å². The molecule has 3 fully saturated rings. The molecule has 1 saturated heterocycles. The summed E-state index contributed by atoms with van der Waals surface area (Å²) in [5.74, 6) is 0.638. The molecule has 33 heavy (non-hydrogen) atoms. The molecule has 0 bridgehead atoms. The number of hydrogen-bond donors (Lipinski definition) is 2. The van der Waals surface area contributed by atoms with Crippen LogP contribution in [0.25, 0.3) is 0 Å². The van der Waals surface area contributed by atoms with Gasteiger partial charge in [0.25, 0.3) is 5.91 Å². The smallest absolute Gasteiger partial charge is 0.255 e. The minimum atomic E-state index is -0.594. The molecule has 2 heterocycles. The summed E-state index contributed by atoms with van der Waals surface area (Å²) in [6.07, 6.45) is 7.91. The Kier molecular flexibility index (Phi) is 6.38. The maximum atomic E-state index is 12.9. The predicted molar refractivity (Wildman–Crippen MR) is 121 cm³/mol. The first-order valence-electron chi connectivity index (χ1n) is 12.2. The molecule has 0 radical (unpaired) electrons. The van der Waals surface area contributed by atoms with Crippen LogP contribution in [-0.2, 0) is 20.9 Å². The van der Waals surface area contributed by atoms with E-state index in [9.17, 15) is 14.4 Å². The van der Waals surface area contributed by atoms with Gasteiger partial charge in [0.15, 0.2) is 0 Å². The van der Waals surface area contributed by atoms with Crippen LogP contribution in [0, 0.1) is 5.92 Å². The topological polar surface area (TPSA) is 97.0 Å². The quantitative estimate of drug-likeness (QED) is 0.612. The molecule has 1 aromatic carbocycles. The third-order valence-electron chi connectivity index (χ3n) is 7.68. The van der Waals surface area contributed by atoms with Crippen molar-refractivity contribution in [2.75, 3.05) is 13.7 Å². The van der Waals surface area contributed by atoms with Crippen LogP contribution in [0.1, 0.15) is 67.3 Å². The van der Waals surface area contributed by atoms with Crippen LogP contribution in [0.4, 0.5) is 0 Å². The fourth-order valence-corrected chi connectivity index (χ4v) is 5.62. The average Bonchev–Trinajstić information content (AvgIpc) is 3.09. The molecular formula is C25H33N3O5. The molecule has 4 aliphatic rings. The van der Waals surface area contributed by atoms with E-state index in [-0.39, 0.29) is 30.2 Å². The van der Waals surface area contributed by atoms with Crippen LogP contribution in [0.3, 0.4) is 0 Å². The van der Waals surface area contributed by atoms with Crippen LogP contribution in [0.15, 0.2) is 18.2 Å². The van der Waals surface area contributed by atoms with Crippen LogP contribution >= 0.6 is 0 Å². The first kappa shape index (κ1) is 22.3. The zero-order chi connectivity index (χ0) is 22.9. The largest absolute Gasteiger partial charge is 0.489 e. The molecule has 2 saturated carbocycles. The van der Waals surface area contributed by atoms with Crippen LogP contribution in [0.5, 0.6) is 5.75 Å². The van der Waals surface area contributed by atoms with Gasteiger partial charge in [0.05, 0.1) is 6.10 Å². The second-order valence-electron chi connectivity index (χ2n) is 9.87. The van der Waals surface area contributed by atoms with Gasteiger partial charge in [-0.1, -0.05) is 6.42 Å². The molecule has 3 amide bonds. The number of nitrogens with zero attached hydrogens (tertiary/aromatic N) is 1. The first-order chi connectivity index (χ1) is 16.0. The third kappa shape index (κ3) is 4.64. The summed E-state index contributed by atoms with van der Waals surface area (Å²) in [5, 5.41) is 6.09. The normalized spacial score (nSPS) is 31.7. The van der Waals surface area contributed by atoms with E-state index in [1.165, 1.54) is 6.42 Å². The van der Waals surface area contributed by atoms with Crippen molar-refractivity contribution in [3.8, 4) is 5.75 Å². The summed E-state index contributed by atoms with van der Waals surface area (Å²) in [6, 6.07) is 5.35. The zero-order valence-electron chi connectivity index (χ0n) is 19.2. The number of piperidine rings is 1. The number of benzene rings is 1. The molecule has 8 heteroatoms. The number of imide groups is 1. The van der Waals surface area contributed by atoms with Gasteiger partial charge in [0.1, 0.15) is 17.9 Å². The Morgan fingerprint density at radius 1 is 1.12 bits per heavy atom. The Labute approximate surface area is 194 Å². The van der Waals surface area contributed by atoms with Crippen molar-refractivity contribution in [2.45, 2.75) is 82.2 Å². The molecule has 0 spiro atoms. The maximum Gasteiger partial charge on any atom is 0.255 e. The monoisotopic (exact) mass is 455 g/mol. The molecule has 3 atom stereocenters. The summed E-state index contributed by atoms with van der Waals surface area (Å²) < 4.78 is 11.8. The number of amides is 3. The van der Waals surface area contributed by atoms with Crippen LogP contribution in [-0.4, -0.2) is 60.6 Å². The van der Waals surface area contributed by atoms with E-state index < -0.39 is 6.04 Å². The van der Waals surface area contributed by atoms with Gasteiger partial charge < -0.3 is 19.7 Å². The van der Waals surface area contributed by atoms with E-state index >= 15 is 0 Å². The lowest BCUT2D eigenvalue weighted by molar-refractivity contribution is -0.136. The minimum absolute atomic E-state index is 0.110. The van der Waals surface area contributed by atoms with Gasteiger partial charge in [-0.05, 0) is 74.8 Å². The number of rotatable bonds is 7. The van der Waals surface area contributed by atoms with E-state index in [1.54, 1.807) is 12.0 Å². The minimum Gasteiger partial charge on any atom is -0.489 e. The fraction of sp³-hybridized carbons (Fsp3) is 0.640. The number of ether oxygens (including phenoxy) is 2. The number of methoxy groups -OCH3 is 1. The second kappa shape index (κ2) is 9.43. The zero-order valence-corrected chi connectivity index (χ0v) is 19.2. The van der Waals surface area contributed by atoms with Gasteiger partial charge in [-0.2, -0.15) is 0 Å². The van der Waals surface area contributed by atoms with E-state index in [1.807, 2.05) is 18.2 Å². The highest BCUT2D eigenvalue weighted by atomic mass is 16.5. The molecule has 5 rings (SSSR count). The van der Waals surface area contributed by atoms with Crippen LogP contribution < -0.4 is 15.4 Å². The van der Waals surface area contributed by atoms with E-state index in [0.717, 1.165) is 50.0 Å². The number of fused-ring (bicyclic) bond motifs is 1. The number of hydrogen-bond acceptors (Lipinski definition) is 6. The lowest BCUT2D eigenvalue weighted by Crippen LogP contribution is -2.52. The standard InChI is InChI=1S/C25H33N3O5/c1-32-18-10-15(11-18)13-26-20-4-2-3-5-22(20)33-17-6-7-19-16(12-17)14-28(25(19)31)21-8-9-23(29)27-24(21)30/h6-7,12,15,18,20-22,26H,2-5,8-11,13-14H2,1H3,(H,27,29,30)/t15?,18?,20-,21?,22-/m1/s1. The molecular weight excluding hydrogens is 422 g/mol. The van der Waals surface area contributed by atoms with Crippen molar-refractivity contribution in [3.63, 3.8) is 0 Å². The van der Waals surface area contributed by atoms with E-state index in [2.05, 4.69) is 10.6 Å². The summed E-state index contributed by atoms with van der Waals surface area (Å²) in [7, 11) is 1.79. The van der Waals surface area contributed by atoms with Crippen molar-refractivity contribution in [3.05, 3.63) is 29.3 Å². The highest BCUT2D eigenvalue weighted by Gasteiger charge is 2.39. The van der Waals surface area contributed by atoms with E-state index in [0.29, 0.717) is 36.6 Å². The molecule has 2 N–H and O–H groups in total. The number of carbonyl (C=O) groups is 3. The number of nitrogens with one attached hydrogen (secondary N) is 2. The van der Waals surface area contributed by atoms with E-state index in [4.69, 9.17) is 9.47 Å². The molecule has 0 aromatic heterocycles. The molecule has 2 aliphatic carbocycles. The summed E-state index contributed by atoms with van der Waals surface area (Å²) in [4.78, 5) is 38.2. The molecule has 1 aromatic rings. The van der Waals surface area contributed by atoms with Crippen molar-refractivity contribution < 1.29 is 23.9 Å². The SMILES string of the molecule is COC1CC(CN[C@@H]2CCCC[C@H]2Oc2ccc3c(c2)CN(C2CCC(=O)NC2=O)C3=O)C1. The highest BCUT2D eigenvalue weighted by Crippen LogP contribution is 2.33. The third-order valence-corrected chi connectivity index (χ3v) is 7.68. The first-order valence-corrected chi connectivity index (χ1v) is 12.2. The second-order valence-corrected chi connectivity index (χ2v) is 9.87. The van der Waals surface area contributed by atoms with Gasteiger partial charge in [0.2, 0.25) is 11.8 Å².